The van der Waals surface area contributed by atoms with Crippen LogP contribution in [0.5, 0.6) is 0 Å². The van der Waals surface area contributed by atoms with Crippen molar-refractivity contribution in [1.82, 2.24) is 0 Å². The van der Waals surface area contributed by atoms with Gasteiger partial charge < -0.3 is 15.2 Å². The number of hydrogen-bond donors (Lipinski definition) is 1. The van der Waals surface area contributed by atoms with Crippen molar-refractivity contribution >= 4 is 23.3 Å². The monoisotopic (exact) mass is 255 g/mol. The third-order valence-corrected chi connectivity index (χ3v) is 2.89. The van der Waals surface area contributed by atoms with E-state index in [1.807, 2.05) is 0 Å². The molecule has 0 amide bonds. The van der Waals surface area contributed by atoms with Gasteiger partial charge in [0.05, 0.1) is 22.9 Å². The minimum Gasteiger partial charge on any atom is -0.435 e. The molecule has 2 N–H and O–H groups in total. The molecule has 5 heteroatoms. The number of rotatable bonds is 5. The average molecular weight is 256 g/mol. The number of halogens is 1. The predicted molar refractivity (Wildman–Crippen MR) is 64.8 cm³/mol. The summed E-state index contributed by atoms with van der Waals surface area (Å²) in [6.45, 7) is 0.646. The van der Waals surface area contributed by atoms with Crippen LogP contribution in [-0.4, -0.2) is 19.4 Å². The van der Waals surface area contributed by atoms with Crippen molar-refractivity contribution in [1.29, 1.82) is 0 Å². The molecule has 0 saturated heterocycles. The zero-order valence-electron chi connectivity index (χ0n) is 9.32. The standard InChI is InChI=1S/C12H14ClNO3/c13-10-5-9(3-4-11(10)14)12(15)17-7-16-6-8-1-2-8/h3-5,8H,1-2,6-7,14H2. The lowest BCUT2D eigenvalue weighted by Gasteiger charge is -2.06. The Kier molecular flexibility index (Phi) is 3.86. The summed E-state index contributed by atoms with van der Waals surface area (Å²) in [5, 5.41) is 0.346. The molecule has 17 heavy (non-hydrogen) atoms. The Morgan fingerprint density at radius 3 is 2.88 bits per heavy atom. The van der Waals surface area contributed by atoms with Crippen LogP contribution < -0.4 is 5.73 Å². The number of benzene rings is 1. The molecule has 4 nitrogen and oxygen atoms in total. The average Bonchev–Trinajstić information content (AvgIpc) is 3.12. The van der Waals surface area contributed by atoms with E-state index in [1.54, 1.807) is 12.1 Å². The van der Waals surface area contributed by atoms with E-state index in [0.717, 1.165) is 0 Å². The lowest BCUT2D eigenvalue weighted by atomic mass is 10.2. The molecule has 1 saturated carbocycles. The number of carbonyl (C=O) groups is 1. The minimum absolute atomic E-state index is 0.0165. The van der Waals surface area contributed by atoms with Crippen molar-refractivity contribution in [3.05, 3.63) is 28.8 Å². The Morgan fingerprint density at radius 1 is 1.47 bits per heavy atom. The van der Waals surface area contributed by atoms with Crippen LogP contribution in [0.1, 0.15) is 23.2 Å². The van der Waals surface area contributed by atoms with Gasteiger partial charge in [0.25, 0.3) is 0 Å². The summed E-state index contributed by atoms with van der Waals surface area (Å²) >= 11 is 5.81. The Bertz CT molecular complexity index is 418. The Morgan fingerprint density at radius 2 is 2.24 bits per heavy atom. The van der Waals surface area contributed by atoms with Crippen LogP contribution in [0.4, 0.5) is 5.69 Å². The zero-order chi connectivity index (χ0) is 12.3. The largest absolute Gasteiger partial charge is 0.435 e. The van der Waals surface area contributed by atoms with Gasteiger partial charge in [-0.2, -0.15) is 0 Å². The normalized spacial score (nSPS) is 14.6. The third kappa shape index (κ3) is 3.61. The molecular formula is C12H14ClNO3. The van der Waals surface area contributed by atoms with Crippen LogP contribution in [0.25, 0.3) is 0 Å². The van der Waals surface area contributed by atoms with Crippen LogP contribution in [0, 0.1) is 5.92 Å². The first-order valence-corrected chi connectivity index (χ1v) is 5.84. The van der Waals surface area contributed by atoms with Gasteiger partial charge in [-0.25, -0.2) is 4.79 Å². The molecule has 0 bridgehead atoms. The van der Waals surface area contributed by atoms with Crippen molar-refractivity contribution in [3.8, 4) is 0 Å². The van der Waals surface area contributed by atoms with Crippen LogP contribution in [0.3, 0.4) is 0 Å². The number of nitrogens with two attached hydrogens (primary N) is 1. The highest BCUT2D eigenvalue weighted by molar-refractivity contribution is 6.33. The van der Waals surface area contributed by atoms with Gasteiger partial charge in [0.1, 0.15) is 0 Å². The third-order valence-electron chi connectivity index (χ3n) is 2.56. The molecule has 0 heterocycles. The smallest absolute Gasteiger partial charge is 0.340 e. The highest BCUT2D eigenvalue weighted by atomic mass is 35.5. The van der Waals surface area contributed by atoms with Gasteiger partial charge in [-0.15, -0.1) is 0 Å². The lowest BCUT2D eigenvalue weighted by Crippen LogP contribution is -2.10. The second-order valence-corrected chi connectivity index (χ2v) is 4.51. The number of anilines is 1. The van der Waals surface area contributed by atoms with E-state index in [-0.39, 0.29) is 6.79 Å². The fourth-order valence-corrected chi connectivity index (χ4v) is 1.51. The summed E-state index contributed by atoms with van der Waals surface area (Å²) in [6.07, 6.45) is 2.42. The van der Waals surface area contributed by atoms with Gasteiger partial charge in [-0.1, -0.05) is 11.6 Å². The molecule has 1 aromatic carbocycles. The number of carbonyl (C=O) groups excluding carboxylic acids is 1. The highest BCUT2D eigenvalue weighted by Gasteiger charge is 2.21. The molecule has 0 radical (unpaired) electrons. The topological polar surface area (TPSA) is 61.6 Å². The second-order valence-electron chi connectivity index (χ2n) is 4.10. The Labute approximate surface area is 105 Å². The maximum Gasteiger partial charge on any atom is 0.340 e. The summed E-state index contributed by atoms with van der Waals surface area (Å²) in [4.78, 5) is 11.6. The molecular weight excluding hydrogens is 242 g/mol. The number of hydrogen-bond acceptors (Lipinski definition) is 4. The highest BCUT2D eigenvalue weighted by Crippen LogP contribution is 2.28. The van der Waals surface area contributed by atoms with E-state index in [9.17, 15) is 4.79 Å². The van der Waals surface area contributed by atoms with Gasteiger partial charge in [-0.3, -0.25) is 0 Å². The first-order chi connectivity index (χ1) is 8.16. The van der Waals surface area contributed by atoms with Crippen molar-refractivity contribution in [2.45, 2.75) is 12.8 Å². The van der Waals surface area contributed by atoms with Gasteiger partial charge in [0, 0.05) is 0 Å². The van der Waals surface area contributed by atoms with Crippen LogP contribution in [0.15, 0.2) is 18.2 Å². The Balaban J connectivity index is 1.79. The van der Waals surface area contributed by atoms with E-state index in [2.05, 4.69) is 0 Å². The first-order valence-electron chi connectivity index (χ1n) is 5.46. The summed E-state index contributed by atoms with van der Waals surface area (Å²) < 4.78 is 10.1. The molecule has 92 valence electrons. The van der Waals surface area contributed by atoms with Crippen LogP contribution >= 0.6 is 11.6 Å². The number of ether oxygens (including phenoxy) is 2. The van der Waals surface area contributed by atoms with Crippen molar-refractivity contribution in [2.24, 2.45) is 5.92 Å². The van der Waals surface area contributed by atoms with Crippen LogP contribution in [0.2, 0.25) is 5.02 Å². The van der Waals surface area contributed by atoms with Gasteiger partial charge in [0.15, 0.2) is 6.79 Å². The molecule has 0 aromatic heterocycles. The lowest BCUT2D eigenvalue weighted by molar-refractivity contribution is -0.0344. The number of esters is 1. The molecule has 1 fully saturated rings. The second kappa shape index (κ2) is 5.38. The van der Waals surface area contributed by atoms with Gasteiger partial charge in [0.2, 0.25) is 0 Å². The van der Waals surface area contributed by atoms with Gasteiger partial charge >= 0.3 is 5.97 Å². The minimum atomic E-state index is -0.456. The SMILES string of the molecule is Nc1ccc(C(=O)OCOCC2CC2)cc1Cl. The molecule has 1 aromatic rings. The maximum absolute atomic E-state index is 11.6. The van der Waals surface area contributed by atoms with Crippen LogP contribution in [-0.2, 0) is 9.47 Å². The van der Waals surface area contributed by atoms with Gasteiger partial charge in [-0.05, 0) is 37.0 Å². The molecule has 1 aliphatic carbocycles. The molecule has 0 atom stereocenters. The van der Waals surface area contributed by atoms with E-state index >= 15 is 0 Å². The molecule has 0 spiro atoms. The summed E-state index contributed by atoms with van der Waals surface area (Å²) in [7, 11) is 0. The van der Waals surface area contributed by atoms with Crippen molar-refractivity contribution < 1.29 is 14.3 Å². The van der Waals surface area contributed by atoms with Crippen molar-refractivity contribution in [2.75, 3.05) is 19.1 Å². The van der Waals surface area contributed by atoms with Crippen molar-refractivity contribution in [3.63, 3.8) is 0 Å². The zero-order valence-corrected chi connectivity index (χ0v) is 10.1. The Hall–Kier alpha value is -1.26. The summed E-state index contributed by atoms with van der Waals surface area (Å²) in [6, 6.07) is 4.63. The quantitative estimate of drug-likeness (QED) is 0.380. The van der Waals surface area contributed by atoms with E-state index in [4.69, 9.17) is 26.8 Å². The summed E-state index contributed by atoms with van der Waals surface area (Å²) in [5.41, 5.74) is 6.35. The van der Waals surface area contributed by atoms with E-state index < -0.39 is 5.97 Å². The van der Waals surface area contributed by atoms with E-state index in [1.165, 1.54) is 18.9 Å². The first kappa shape index (κ1) is 12.2. The molecule has 2 rings (SSSR count). The van der Waals surface area contributed by atoms with E-state index in [0.29, 0.717) is 28.8 Å². The summed E-state index contributed by atoms with van der Waals surface area (Å²) in [5.74, 6) is 0.197. The fourth-order valence-electron chi connectivity index (χ4n) is 1.33. The molecule has 1 aliphatic rings. The molecule has 0 unspecified atom stereocenters. The maximum atomic E-state index is 11.6. The fraction of sp³-hybridized carbons (Fsp3) is 0.417. The predicted octanol–water partition coefficient (Wildman–Crippen LogP) is 2.46. The molecule has 0 aliphatic heterocycles. The number of nitrogen functional groups attached to an aromatic ring is 1.